The fourth-order valence-corrected chi connectivity index (χ4v) is 1.92. The predicted octanol–water partition coefficient (Wildman–Crippen LogP) is 1.24. The number of aliphatic hydroxyl groups excluding tert-OH is 2. The summed E-state index contributed by atoms with van der Waals surface area (Å²) in [6.45, 7) is 0. The lowest BCUT2D eigenvalue weighted by molar-refractivity contribution is -0.144. The molecule has 0 aliphatic heterocycles. The first-order chi connectivity index (χ1) is 9.51. The van der Waals surface area contributed by atoms with Crippen LogP contribution < -0.4 is 0 Å². The van der Waals surface area contributed by atoms with E-state index in [1.54, 1.807) is 18.2 Å². The Balaban J connectivity index is 2.25. The van der Waals surface area contributed by atoms with E-state index in [1.807, 2.05) is 0 Å². The molecule has 0 saturated carbocycles. The van der Waals surface area contributed by atoms with Gasteiger partial charge in [0, 0.05) is 0 Å². The molecule has 0 aliphatic rings. The molecule has 0 fully saturated rings. The van der Waals surface area contributed by atoms with Crippen LogP contribution in [0.1, 0.15) is 18.1 Å². The van der Waals surface area contributed by atoms with Crippen LogP contribution in [0.5, 0.6) is 0 Å². The second-order valence-corrected chi connectivity index (χ2v) is 4.62. The van der Waals surface area contributed by atoms with E-state index in [-0.39, 0.29) is 11.6 Å². The number of rotatable bonds is 4. The molecule has 0 aliphatic carbocycles. The molecule has 20 heavy (non-hydrogen) atoms. The normalized spacial score (nSPS) is 14.0. The van der Waals surface area contributed by atoms with Gasteiger partial charge in [-0.25, -0.2) is 4.98 Å². The van der Waals surface area contributed by atoms with Crippen LogP contribution in [-0.2, 0) is 9.53 Å². The molecule has 7 heteroatoms. The van der Waals surface area contributed by atoms with Crippen LogP contribution in [-0.4, -0.2) is 39.4 Å². The number of hydrogen-bond acceptors (Lipinski definition) is 6. The Bertz CT molecular complexity index is 635. The molecular weight excluding hydrogens is 284 g/mol. The summed E-state index contributed by atoms with van der Waals surface area (Å²) in [5.41, 5.74) is 1.54. The van der Waals surface area contributed by atoms with Gasteiger partial charge < -0.3 is 14.9 Å². The number of carbonyl (C=O) groups excluding carboxylic acids is 1. The van der Waals surface area contributed by atoms with Crippen molar-refractivity contribution in [2.75, 3.05) is 7.11 Å². The van der Waals surface area contributed by atoms with E-state index in [1.165, 1.54) is 13.3 Å². The van der Waals surface area contributed by atoms with Gasteiger partial charge in [-0.1, -0.05) is 17.7 Å². The summed E-state index contributed by atoms with van der Waals surface area (Å²) < 4.78 is 4.44. The van der Waals surface area contributed by atoms with Crippen LogP contribution in [0.4, 0.5) is 0 Å². The van der Waals surface area contributed by atoms with Crippen molar-refractivity contribution >= 4 is 28.6 Å². The third-order valence-electron chi connectivity index (χ3n) is 2.85. The van der Waals surface area contributed by atoms with Crippen molar-refractivity contribution in [3.63, 3.8) is 0 Å². The first-order valence-electron chi connectivity index (χ1n) is 5.86. The third-order valence-corrected chi connectivity index (χ3v) is 3.03. The lowest BCUT2D eigenvalue weighted by Gasteiger charge is -2.17. The van der Waals surface area contributed by atoms with Crippen LogP contribution in [0, 0.1) is 0 Å². The first-order valence-corrected chi connectivity index (χ1v) is 6.24. The molecule has 2 aromatic rings. The van der Waals surface area contributed by atoms with Crippen LogP contribution in [0.2, 0.25) is 5.15 Å². The summed E-state index contributed by atoms with van der Waals surface area (Å²) in [5, 5.41) is 20.0. The summed E-state index contributed by atoms with van der Waals surface area (Å²) >= 11 is 5.75. The number of nitrogens with zero attached hydrogens (tertiary/aromatic N) is 2. The average Bonchev–Trinajstić information content (AvgIpc) is 2.45. The molecule has 0 saturated heterocycles. The molecule has 0 radical (unpaired) electrons. The molecule has 2 N–H and O–H groups in total. The molecule has 1 aromatic heterocycles. The first kappa shape index (κ1) is 14.6. The summed E-state index contributed by atoms with van der Waals surface area (Å²) in [6.07, 6.45) is -1.35. The number of aliphatic hydroxyl groups is 2. The SMILES string of the molecule is COC(=O)CC(O)C(O)c1ccc2ncc(Cl)nc2c1. The Morgan fingerprint density at radius 1 is 1.40 bits per heavy atom. The van der Waals surface area contributed by atoms with Crippen molar-refractivity contribution in [3.8, 4) is 0 Å². The third kappa shape index (κ3) is 3.22. The average molecular weight is 297 g/mol. The van der Waals surface area contributed by atoms with Crippen molar-refractivity contribution in [2.24, 2.45) is 0 Å². The molecule has 1 aromatic carbocycles. The standard InChI is InChI=1S/C13H13ClN2O4/c1-20-12(18)5-10(17)13(19)7-2-3-8-9(4-7)16-11(14)6-15-8/h2-4,6,10,13,17,19H,5H2,1H3. The van der Waals surface area contributed by atoms with Gasteiger partial charge in [-0.3, -0.25) is 9.78 Å². The predicted molar refractivity (Wildman–Crippen MR) is 72.1 cm³/mol. The van der Waals surface area contributed by atoms with E-state index in [9.17, 15) is 15.0 Å². The molecule has 106 valence electrons. The smallest absolute Gasteiger partial charge is 0.308 e. The summed E-state index contributed by atoms with van der Waals surface area (Å²) in [7, 11) is 1.22. The quantitative estimate of drug-likeness (QED) is 0.825. The summed E-state index contributed by atoms with van der Waals surface area (Å²) in [5.74, 6) is -0.597. The topological polar surface area (TPSA) is 92.5 Å². The Morgan fingerprint density at radius 3 is 2.85 bits per heavy atom. The molecule has 0 spiro atoms. The number of carbonyl (C=O) groups is 1. The van der Waals surface area contributed by atoms with E-state index < -0.39 is 18.2 Å². The van der Waals surface area contributed by atoms with Gasteiger partial charge in [-0.15, -0.1) is 0 Å². The van der Waals surface area contributed by atoms with E-state index in [0.29, 0.717) is 16.6 Å². The molecule has 0 bridgehead atoms. The molecule has 2 unspecified atom stereocenters. The van der Waals surface area contributed by atoms with Gasteiger partial charge in [0.25, 0.3) is 0 Å². The minimum Gasteiger partial charge on any atom is -0.469 e. The van der Waals surface area contributed by atoms with E-state index in [2.05, 4.69) is 14.7 Å². The monoisotopic (exact) mass is 296 g/mol. The summed E-state index contributed by atoms with van der Waals surface area (Å²) in [4.78, 5) is 19.2. The zero-order valence-electron chi connectivity index (χ0n) is 10.7. The molecule has 0 amide bonds. The van der Waals surface area contributed by atoms with Crippen molar-refractivity contribution in [1.82, 2.24) is 9.97 Å². The highest BCUT2D eigenvalue weighted by Gasteiger charge is 2.22. The maximum Gasteiger partial charge on any atom is 0.308 e. The fourth-order valence-electron chi connectivity index (χ4n) is 1.78. The Labute approximate surface area is 120 Å². The maximum absolute atomic E-state index is 11.1. The number of halogens is 1. The number of ether oxygens (including phenoxy) is 1. The maximum atomic E-state index is 11.1. The molecule has 6 nitrogen and oxygen atoms in total. The lowest BCUT2D eigenvalue weighted by atomic mass is 10.0. The zero-order valence-corrected chi connectivity index (χ0v) is 11.4. The van der Waals surface area contributed by atoms with Crippen LogP contribution in [0.25, 0.3) is 11.0 Å². The number of esters is 1. The van der Waals surface area contributed by atoms with Crippen LogP contribution >= 0.6 is 11.6 Å². The van der Waals surface area contributed by atoms with E-state index in [0.717, 1.165) is 0 Å². The van der Waals surface area contributed by atoms with Gasteiger partial charge in [-0.2, -0.15) is 0 Å². The van der Waals surface area contributed by atoms with Gasteiger partial charge in [-0.05, 0) is 17.7 Å². The second-order valence-electron chi connectivity index (χ2n) is 4.23. The molecular formula is C13H13ClN2O4. The van der Waals surface area contributed by atoms with Crippen LogP contribution in [0.15, 0.2) is 24.4 Å². The molecule has 1 heterocycles. The number of benzene rings is 1. The highest BCUT2D eigenvalue weighted by Crippen LogP contribution is 2.23. The number of fused-ring (bicyclic) bond motifs is 1. The number of hydrogen-bond donors (Lipinski definition) is 2. The van der Waals surface area contributed by atoms with E-state index in [4.69, 9.17) is 11.6 Å². The molecule has 2 rings (SSSR count). The fraction of sp³-hybridized carbons (Fsp3) is 0.308. The number of aromatic nitrogens is 2. The van der Waals surface area contributed by atoms with Gasteiger partial charge in [0.15, 0.2) is 0 Å². The lowest BCUT2D eigenvalue weighted by Crippen LogP contribution is -2.22. The minimum atomic E-state index is -1.26. The van der Waals surface area contributed by atoms with Crippen LogP contribution in [0.3, 0.4) is 0 Å². The van der Waals surface area contributed by atoms with Gasteiger partial charge in [0.05, 0.1) is 36.9 Å². The number of methoxy groups -OCH3 is 1. The highest BCUT2D eigenvalue weighted by atomic mass is 35.5. The van der Waals surface area contributed by atoms with E-state index >= 15 is 0 Å². The van der Waals surface area contributed by atoms with Crippen molar-refractivity contribution < 1.29 is 19.7 Å². The Kier molecular flexibility index (Phi) is 4.49. The van der Waals surface area contributed by atoms with Gasteiger partial charge in [0.2, 0.25) is 0 Å². The van der Waals surface area contributed by atoms with Gasteiger partial charge in [0.1, 0.15) is 11.3 Å². The largest absolute Gasteiger partial charge is 0.469 e. The highest BCUT2D eigenvalue weighted by molar-refractivity contribution is 6.29. The van der Waals surface area contributed by atoms with Crippen molar-refractivity contribution in [1.29, 1.82) is 0 Å². The summed E-state index contributed by atoms with van der Waals surface area (Å²) in [6, 6.07) is 4.83. The van der Waals surface area contributed by atoms with Gasteiger partial charge >= 0.3 is 5.97 Å². The zero-order chi connectivity index (χ0) is 14.7. The second kappa shape index (κ2) is 6.13. The Morgan fingerprint density at radius 2 is 2.15 bits per heavy atom. The minimum absolute atomic E-state index is 0.235. The van der Waals surface area contributed by atoms with Crippen molar-refractivity contribution in [3.05, 3.63) is 35.1 Å². The Hall–Kier alpha value is -1.76. The molecule has 2 atom stereocenters. The van der Waals surface area contributed by atoms with Crippen molar-refractivity contribution in [2.45, 2.75) is 18.6 Å².